The Morgan fingerprint density at radius 1 is 1.07 bits per heavy atom. The molecule has 0 unspecified atom stereocenters. The van der Waals surface area contributed by atoms with Gasteiger partial charge in [-0.05, 0) is 61.7 Å². The van der Waals surface area contributed by atoms with Crippen molar-refractivity contribution in [1.82, 2.24) is 4.90 Å². The molecule has 1 aliphatic heterocycles. The zero-order valence-corrected chi connectivity index (χ0v) is 16.5. The molecule has 0 aliphatic carbocycles. The van der Waals surface area contributed by atoms with E-state index in [-0.39, 0.29) is 16.7 Å². The molecule has 3 rings (SSSR count). The topological polar surface area (TPSA) is 89.7 Å². The van der Waals surface area contributed by atoms with Crippen molar-refractivity contribution in [2.24, 2.45) is 0 Å². The number of nitrogens with two attached hydrogens (primary N) is 1. The van der Waals surface area contributed by atoms with E-state index < -0.39 is 15.4 Å². The molecule has 2 N–H and O–H groups in total. The smallest absolute Gasteiger partial charge is 0.410 e. The Labute approximate surface area is 159 Å². The van der Waals surface area contributed by atoms with E-state index >= 15 is 0 Å². The number of benzene rings is 2. The van der Waals surface area contributed by atoms with Crippen molar-refractivity contribution in [3.63, 3.8) is 0 Å². The van der Waals surface area contributed by atoms with E-state index in [1.165, 1.54) is 12.1 Å². The van der Waals surface area contributed by atoms with Gasteiger partial charge in [-0.25, -0.2) is 13.2 Å². The number of carbonyl (C=O) groups is 1. The number of ether oxygens (including phenoxy) is 1. The monoisotopic (exact) mass is 388 g/mol. The van der Waals surface area contributed by atoms with Gasteiger partial charge >= 0.3 is 6.09 Å². The van der Waals surface area contributed by atoms with E-state index in [4.69, 9.17) is 10.5 Å². The number of hydrogen-bond donors (Lipinski definition) is 1. The fourth-order valence-electron chi connectivity index (χ4n) is 2.97. The summed E-state index contributed by atoms with van der Waals surface area (Å²) in [5.41, 5.74) is 8.24. The van der Waals surface area contributed by atoms with Gasteiger partial charge < -0.3 is 10.5 Å². The SMILES string of the molecule is CC(C)(C)OC(=O)N1Cc2ccc(CS(=O)(=O)c3ccc(N)cc3)cc2C1. The third-order valence-corrected chi connectivity index (χ3v) is 5.94. The third kappa shape index (κ3) is 4.60. The summed E-state index contributed by atoms with van der Waals surface area (Å²) in [6.07, 6.45) is -0.366. The van der Waals surface area contributed by atoms with Crippen LogP contribution in [0.1, 0.15) is 37.5 Å². The first-order valence-corrected chi connectivity index (χ1v) is 10.4. The number of hydrogen-bond acceptors (Lipinski definition) is 5. The Morgan fingerprint density at radius 3 is 2.33 bits per heavy atom. The Morgan fingerprint density at radius 2 is 1.70 bits per heavy atom. The molecule has 6 nitrogen and oxygen atoms in total. The second-order valence-electron chi connectivity index (χ2n) is 7.77. The first kappa shape index (κ1) is 19.2. The predicted molar refractivity (Wildman–Crippen MR) is 104 cm³/mol. The number of sulfone groups is 1. The minimum absolute atomic E-state index is 0.101. The second-order valence-corrected chi connectivity index (χ2v) is 9.76. The highest BCUT2D eigenvalue weighted by Crippen LogP contribution is 2.27. The van der Waals surface area contributed by atoms with Crippen molar-refractivity contribution >= 4 is 21.6 Å². The first-order valence-electron chi connectivity index (χ1n) is 8.70. The number of anilines is 1. The van der Waals surface area contributed by atoms with Gasteiger partial charge in [0.2, 0.25) is 0 Å². The molecule has 7 heteroatoms. The molecule has 144 valence electrons. The van der Waals surface area contributed by atoms with Gasteiger partial charge in [-0.3, -0.25) is 4.90 Å². The maximum absolute atomic E-state index is 12.6. The van der Waals surface area contributed by atoms with E-state index in [0.29, 0.717) is 24.3 Å². The van der Waals surface area contributed by atoms with Crippen LogP contribution in [0.2, 0.25) is 0 Å². The Bertz CT molecular complexity index is 960. The minimum Gasteiger partial charge on any atom is -0.444 e. The molecule has 0 radical (unpaired) electrons. The highest BCUT2D eigenvalue weighted by Gasteiger charge is 2.28. The van der Waals surface area contributed by atoms with Crippen LogP contribution in [0.15, 0.2) is 47.4 Å². The molecule has 27 heavy (non-hydrogen) atoms. The minimum atomic E-state index is -3.46. The predicted octanol–water partition coefficient (Wildman–Crippen LogP) is 3.49. The molecule has 1 heterocycles. The lowest BCUT2D eigenvalue weighted by Crippen LogP contribution is -2.33. The molecule has 0 saturated carbocycles. The van der Waals surface area contributed by atoms with Gasteiger partial charge in [0.25, 0.3) is 0 Å². The third-order valence-electron chi connectivity index (χ3n) is 4.24. The van der Waals surface area contributed by atoms with Crippen LogP contribution in [-0.4, -0.2) is 25.0 Å². The molecule has 0 bridgehead atoms. The van der Waals surface area contributed by atoms with Gasteiger partial charge in [-0.1, -0.05) is 18.2 Å². The normalized spacial score (nSPS) is 14.1. The standard InChI is InChI=1S/C20H24N2O4S/c1-20(2,3)26-19(23)22-11-15-5-4-14(10-16(15)12-22)13-27(24,25)18-8-6-17(21)7-9-18/h4-10H,11-13,21H2,1-3H3. The summed E-state index contributed by atoms with van der Waals surface area (Å²) in [4.78, 5) is 14.1. The lowest BCUT2D eigenvalue weighted by Gasteiger charge is -2.24. The summed E-state index contributed by atoms with van der Waals surface area (Å²) < 4.78 is 30.6. The van der Waals surface area contributed by atoms with Crippen LogP contribution in [-0.2, 0) is 33.4 Å². The van der Waals surface area contributed by atoms with Crippen molar-refractivity contribution < 1.29 is 17.9 Å². The number of carbonyl (C=O) groups excluding carboxylic acids is 1. The fourth-order valence-corrected chi connectivity index (χ4v) is 4.31. The molecule has 0 atom stereocenters. The quantitative estimate of drug-likeness (QED) is 0.813. The molecule has 0 fully saturated rings. The zero-order valence-electron chi connectivity index (χ0n) is 15.7. The molecule has 0 spiro atoms. The summed E-state index contributed by atoms with van der Waals surface area (Å²) >= 11 is 0. The lowest BCUT2D eigenvalue weighted by molar-refractivity contribution is 0.0242. The largest absolute Gasteiger partial charge is 0.444 e. The highest BCUT2D eigenvalue weighted by molar-refractivity contribution is 7.90. The van der Waals surface area contributed by atoms with E-state index in [0.717, 1.165) is 11.1 Å². The Kier molecular flexibility index (Phi) is 4.90. The first-order chi connectivity index (χ1) is 12.5. The molecule has 2 aromatic rings. The highest BCUT2D eigenvalue weighted by atomic mass is 32.2. The zero-order chi connectivity index (χ0) is 19.8. The van der Waals surface area contributed by atoms with Crippen LogP contribution >= 0.6 is 0 Å². The maximum atomic E-state index is 12.6. The average Bonchev–Trinajstić information content (AvgIpc) is 2.97. The second kappa shape index (κ2) is 6.88. The number of fused-ring (bicyclic) bond motifs is 1. The lowest BCUT2D eigenvalue weighted by atomic mass is 10.1. The van der Waals surface area contributed by atoms with Crippen molar-refractivity contribution in [1.29, 1.82) is 0 Å². The van der Waals surface area contributed by atoms with Crippen LogP contribution < -0.4 is 5.73 Å². The van der Waals surface area contributed by atoms with Crippen LogP contribution in [0.4, 0.5) is 10.5 Å². The molecule has 0 saturated heterocycles. The molecule has 1 aliphatic rings. The van der Waals surface area contributed by atoms with Gasteiger partial charge in [0.15, 0.2) is 9.84 Å². The van der Waals surface area contributed by atoms with E-state index in [9.17, 15) is 13.2 Å². The molecule has 0 aromatic heterocycles. The fraction of sp³-hybridized carbons (Fsp3) is 0.350. The summed E-state index contributed by atoms with van der Waals surface area (Å²) in [7, 11) is -3.46. The summed E-state index contributed by atoms with van der Waals surface area (Å²) in [5, 5.41) is 0. The molecule has 1 amide bonds. The Hall–Kier alpha value is -2.54. The average molecular weight is 388 g/mol. The molecular formula is C20H24N2O4S. The summed E-state index contributed by atoms with van der Waals surface area (Å²) in [6.45, 7) is 6.37. The number of amides is 1. The van der Waals surface area contributed by atoms with Gasteiger partial charge in [0.05, 0.1) is 10.6 Å². The van der Waals surface area contributed by atoms with Crippen molar-refractivity contribution in [3.8, 4) is 0 Å². The van der Waals surface area contributed by atoms with E-state index in [2.05, 4.69) is 0 Å². The van der Waals surface area contributed by atoms with Crippen LogP contribution in [0, 0.1) is 0 Å². The summed E-state index contributed by atoms with van der Waals surface area (Å²) in [6, 6.07) is 11.7. The molecular weight excluding hydrogens is 364 g/mol. The number of nitrogen functional groups attached to an aromatic ring is 1. The van der Waals surface area contributed by atoms with Crippen molar-refractivity contribution in [3.05, 3.63) is 59.2 Å². The van der Waals surface area contributed by atoms with Crippen molar-refractivity contribution in [2.45, 2.75) is 50.1 Å². The van der Waals surface area contributed by atoms with Gasteiger partial charge in [0.1, 0.15) is 5.60 Å². The maximum Gasteiger partial charge on any atom is 0.410 e. The summed E-state index contributed by atoms with van der Waals surface area (Å²) in [5.74, 6) is -0.101. The Balaban J connectivity index is 1.74. The van der Waals surface area contributed by atoms with Crippen LogP contribution in [0.5, 0.6) is 0 Å². The number of nitrogens with zero attached hydrogens (tertiary/aromatic N) is 1. The van der Waals surface area contributed by atoms with Gasteiger partial charge in [-0.2, -0.15) is 0 Å². The van der Waals surface area contributed by atoms with E-state index in [1.807, 2.05) is 32.9 Å². The van der Waals surface area contributed by atoms with E-state index in [1.54, 1.807) is 23.1 Å². The molecule has 2 aromatic carbocycles. The number of rotatable bonds is 3. The van der Waals surface area contributed by atoms with Gasteiger partial charge in [-0.15, -0.1) is 0 Å². The van der Waals surface area contributed by atoms with Crippen LogP contribution in [0.25, 0.3) is 0 Å². The van der Waals surface area contributed by atoms with Crippen LogP contribution in [0.3, 0.4) is 0 Å². The van der Waals surface area contributed by atoms with Gasteiger partial charge in [0, 0.05) is 18.8 Å². The van der Waals surface area contributed by atoms with Crippen molar-refractivity contribution in [2.75, 3.05) is 5.73 Å².